The fraction of sp³-hybridized carbons (Fsp3) is 0.167. The lowest BCUT2D eigenvalue weighted by molar-refractivity contribution is -0.122. The van der Waals surface area contributed by atoms with Crippen LogP contribution in [0.25, 0.3) is 0 Å². The van der Waals surface area contributed by atoms with Gasteiger partial charge in [-0.25, -0.2) is 13.6 Å². The van der Waals surface area contributed by atoms with Crippen LogP contribution < -0.4 is 16.0 Å². The van der Waals surface area contributed by atoms with Crippen molar-refractivity contribution >= 4 is 28.4 Å². The number of nitrogens with one attached hydrogen (secondary N) is 3. The van der Waals surface area contributed by atoms with E-state index in [1.165, 1.54) is 18.6 Å². The van der Waals surface area contributed by atoms with Gasteiger partial charge in [0.1, 0.15) is 11.6 Å². The summed E-state index contributed by atoms with van der Waals surface area (Å²) in [5.74, 6) is -2.74. The Bertz CT molecular complexity index is 680. The summed E-state index contributed by atoms with van der Waals surface area (Å²) < 4.78 is 26.3. The molecule has 0 saturated carbocycles. The summed E-state index contributed by atoms with van der Waals surface area (Å²) in [5, 5.41) is 14.5. The van der Waals surface area contributed by atoms with Gasteiger partial charge in [-0.3, -0.25) is 10.1 Å². The van der Waals surface area contributed by atoms with E-state index in [9.17, 15) is 18.4 Å². The van der Waals surface area contributed by atoms with Gasteiger partial charge in [-0.05, 0) is 17.7 Å². The SMILES string of the molecule is CNC(=O)[C@H](NC(=O)Nc1nncs1)c1ccc(F)c(F)c1. The van der Waals surface area contributed by atoms with E-state index in [0.717, 1.165) is 23.5 Å². The molecular weight excluding hydrogens is 316 g/mol. The zero-order valence-corrected chi connectivity index (χ0v) is 12.1. The van der Waals surface area contributed by atoms with Crippen molar-refractivity contribution in [3.05, 3.63) is 40.9 Å². The van der Waals surface area contributed by atoms with Crippen molar-refractivity contribution < 1.29 is 18.4 Å². The van der Waals surface area contributed by atoms with E-state index in [1.54, 1.807) is 0 Å². The van der Waals surface area contributed by atoms with Crippen LogP contribution >= 0.6 is 11.3 Å². The largest absolute Gasteiger partial charge is 0.357 e. The number of urea groups is 1. The van der Waals surface area contributed by atoms with E-state index in [2.05, 4.69) is 26.1 Å². The Hall–Kier alpha value is -2.62. The number of benzene rings is 1. The molecule has 0 saturated heterocycles. The number of halogens is 2. The number of hydrogen-bond acceptors (Lipinski definition) is 5. The molecule has 0 fully saturated rings. The molecule has 1 heterocycles. The molecule has 0 aliphatic carbocycles. The van der Waals surface area contributed by atoms with Crippen LogP contribution in [0.4, 0.5) is 18.7 Å². The van der Waals surface area contributed by atoms with Gasteiger partial charge >= 0.3 is 6.03 Å². The third-order valence-corrected chi connectivity index (χ3v) is 3.25. The Kier molecular flexibility index (Phi) is 4.94. The standard InChI is InChI=1S/C12H11F2N5O2S/c1-15-10(20)9(6-2-3-7(13)8(14)4-6)17-11(21)18-12-19-16-5-22-12/h2-5,9H,1H3,(H,15,20)(H2,17,18,19,21)/t9-/m1/s1. The third-order valence-electron chi connectivity index (χ3n) is 2.64. The van der Waals surface area contributed by atoms with Crippen molar-refractivity contribution in [3.63, 3.8) is 0 Å². The Morgan fingerprint density at radius 3 is 2.64 bits per heavy atom. The molecule has 7 nitrogen and oxygen atoms in total. The molecule has 2 aromatic rings. The van der Waals surface area contributed by atoms with Crippen LogP contribution in [0.15, 0.2) is 23.7 Å². The fourth-order valence-electron chi connectivity index (χ4n) is 1.63. The van der Waals surface area contributed by atoms with E-state index < -0.39 is 29.6 Å². The van der Waals surface area contributed by atoms with E-state index in [-0.39, 0.29) is 10.7 Å². The molecule has 0 unspecified atom stereocenters. The zero-order valence-electron chi connectivity index (χ0n) is 11.3. The first-order chi connectivity index (χ1) is 10.5. The predicted molar refractivity (Wildman–Crippen MR) is 75.2 cm³/mol. The number of likely N-dealkylation sites (N-methyl/N-ethyl adjacent to an activating group) is 1. The predicted octanol–water partition coefficient (Wildman–Crippen LogP) is 1.43. The number of aromatic nitrogens is 2. The molecule has 3 amide bonds. The number of rotatable bonds is 4. The zero-order chi connectivity index (χ0) is 16.1. The lowest BCUT2D eigenvalue weighted by atomic mass is 10.1. The number of amides is 3. The number of hydrogen-bond donors (Lipinski definition) is 3. The average molecular weight is 327 g/mol. The summed E-state index contributed by atoms with van der Waals surface area (Å²) in [5.41, 5.74) is 1.52. The maximum Gasteiger partial charge on any atom is 0.322 e. The van der Waals surface area contributed by atoms with Crippen molar-refractivity contribution in [1.82, 2.24) is 20.8 Å². The monoisotopic (exact) mass is 327 g/mol. The second-order valence-corrected chi connectivity index (χ2v) is 4.90. The van der Waals surface area contributed by atoms with Crippen LogP contribution in [0.2, 0.25) is 0 Å². The van der Waals surface area contributed by atoms with Gasteiger partial charge in [0.25, 0.3) is 0 Å². The Labute approximate surface area is 127 Å². The molecular formula is C12H11F2N5O2S. The highest BCUT2D eigenvalue weighted by atomic mass is 32.1. The topological polar surface area (TPSA) is 96.0 Å². The highest BCUT2D eigenvalue weighted by molar-refractivity contribution is 7.13. The van der Waals surface area contributed by atoms with Gasteiger partial charge in [0, 0.05) is 7.05 Å². The Balaban J connectivity index is 2.17. The highest BCUT2D eigenvalue weighted by Crippen LogP contribution is 2.17. The summed E-state index contributed by atoms with van der Waals surface area (Å²) in [6.07, 6.45) is 0. The van der Waals surface area contributed by atoms with Gasteiger partial charge in [0.2, 0.25) is 11.0 Å². The summed E-state index contributed by atoms with van der Waals surface area (Å²) in [4.78, 5) is 23.7. The molecule has 10 heteroatoms. The number of nitrogens with zero attached hydrogens (tertiary/aromatic N) is 2. The van der Waals surface area contributed by atoms with Crippen LogP contribution in [0, 0.1) is 11.6 Å². The van der Waals surface area contributed by atoms with Gasteiger partial charge in [-0.2, -0.15) is 0 Å². The number of anilines is 1. The molecule has 1 atom stereocenters. The third kappa shape index (κ3) is 3.73. The van der Waals surface area contributed by atoms with E-state index >= 15 is 0 Å². The van der Waals surface area contributed by atoms with Crippen LogP contribution in [0.3, 0.4) is 0 Å². The van der Waals surface area contributed by atoms with E-state index in [4.69, 9.17) is 0 Å². The minimum Gasteiger partial charge on any atom is -0.357 e. The van der Waals surface area contributed by atoms with Crippen molar-refractivity contribution in [3.8, 4) is 0 Å². The molecule has 22 heavy (non-hydrogen) atoms. The average Bonchev–Trinajstić information content (AvgIpc) is 3.00. The molecule has 3 N–H and O–H groups in total. The van der Waals surface area contributed by atoms with E-state index in [1.807, 2.05) is 0 Å². The molecule has 0 radical (unpaired) electrons. The Morgan fingerprint density at radius 2 is 2.05 bits per heavy atom. The van der Waals surface area contributed by atoms with Crippen LogP contribution in [-0.2, 0) is 4.79 Å². The molecule has 1 aromatic heterocycles. The first kappa shape index (κ1) is 15.8. The smallest absolute Gasteiger partial charge is 0.322 e. The van der Waals surface area contributed by atoms with Crippen LogP contribution in [0.1, 0.15) is 11.6 Å². The lowest BCUT2D eigenvalue weighted by Gasteiger charge is -2.17. The minimum absolute atomic E-state index is 0.102. The quantitative estimate of drug-likeness (QED) is 0.791. The van der Waals surface area contributed by atoms with Gasteiger partial charge in [0.05, 0.1) is 0 Å². The molecule has 0 spiro atoms. The van der Waals surface area contributed by atoms with Crippen LogP contribution in [0.5, 0.6) is 0 Å². The maximum absolute atomic E-state index is 13.3. The Morgan fingerprint density at radius 1 is 1.27 bits per heavy atom. The van der Waals surface area contributed by atoms with Crippen LogP contribution in [-0.4, -0.2) is 29.2 Å². The molecule has 0 aliphatic rings. The summed E-state index contributed by atoms with van der Waals surface area (Å²) in [6.45, 7) is 0. The minimum atomic E-state index is -1.19. The first-order valence-corrected chi connectivity index (χ1v) is 6.89. The molecule has 0 aliphatic heterocycles. The maximum atomic E-state index is 13.3. The summed E-state index contributed by atoms with van der Waals surface area (Å²) in [6, 6.07) is 1.03. The summed E-state index contributed by atoms with van der Waals surface area (Å²) in [7, 11) is 1.36. The number of carbonyl (C=O) groups is 2. The van der Waals surface area contributed by atoms with E-state index in [0.29, 0.717) is 0 Å². The van der Waals surface area contributed by atoms with Gasteiger partial charge in [-0.15, -0.1) is 10.2 Å². The first-order valence-electron chi connectivity index (χ1n) is 6.01. The van der Waals surface area contributed by atoms with Crippen molar-refractivity contribution in [2.75, 3.05) is 12.4 Å². The second kappa shape index (κ2) is 6.89. The van der Waals surface area contributed by atoms with Gasteiger partial charge < -0.3 is 10.6 Å². The molecule has 116 valence electrons. The van der Waals surface area contributed by atoms with Crippen molar-refractivity contribution in [2.24, 2.45) is 0 Å². The second-order valence-electron chi connectivity index (χ2n) is 4.06. The highest BCUT2D eigenvalue weighted by Gasteiger charge is 2.23. The lowest BCUT2D eigenvalue weighted by Crippen LogP contribution is -2.41. The molecule has 1 aromatic carbocycles. The van der Waals surface area contributed by atoms with Gasteiger partial charge in [-0.1, -0.05) is 17.4 Å². The summed E-state index contributed by atoms with van der Waals surface area (Å²) >= 11 is 1.09. The molecule has 0 bridgehead atoms. The number of carbonyl (C=O) groups excluding carboxylic acids is 2. The van der Waals surface area contributed by atoms with Crippen molar-refractivity contribution in [2.45, 2.75) is 6.04 Å². The normalized spacial score (nSPS) is 11.6. The van der Waals surface area contributed by atoms with Crippen molar-refractivity contribution in [1.29, 1.82) is 0 Å². The molecule has 2 rings (SSSR count). The van der Waals surface area contributed by atoms with Gasteiger partial charge in [0.15, 0.2) is 11.6 Å². The fourth-order valence-corrected chi connectivity index (χ4v) is 2.07.